The van der Waals surface area contributed by atoms with Crippen molar-refractivity contribution < 1.29 is 22.8 Å². The average Bonchev–Trinajstić information content (AvgIpc) is 3.43. The fourth-order valence-electron chi connectivity index (χ4n) is 4.11. The van der Waals surface area contributed by atoms with Crippen LogP contribution in [0.2, 0.25) is 0 Å². The summed E-state index contributed by atoms with van der Waals surface area (Å²) < 4.78 is 27.1. The van der Waals surface area contributed by atoms with E-state index in [0.717, 1.165) is 4.88 Å². The Morgan fingerprint density at radius 2 is 2.07 bits per heavy atom. The molecule has 2 aliphatic heterocycles. The first-order valence-corrected chi connectivity index (χ1v) is 11.7. The first kappa shape index (κ1) is 20.6. The smallest absolute Gasteiger partial charge is 0.261 e. The number of fused-ring (bicyclic) bond motifs is 1. The van der Waals surface area contributed by atoms with Gasteiger partial charge in [-0.3, -0.25) is 14.4 Å². The number of aryl methyl sites for hydroxylation is 1. The van der Waals surface area contributed by atoms with Crippen LogP contribution in [0.4, 0.5) is 0 Å². The molecule has 2 aliphatic rings. The van der Waals surface area contributed by atoms with Gasteiger partial charge in [-0.25, -0.2) is 13.4 Å². The number of likely N-dealkylation sites (tertiary alicyclic amines) is 1. The molecule has 4 rings (SSSR count). The predicted octanol–water partition coefficient (Wildman–Crippen LogP) is 0.418. The number of ketones is 1. The minimum Gasteiger partial charge on any atom is -0.366 e. The fourth-order valence-corrected chi connectivity index (χ4v) is 6.55. The number of nitrogens with zero attached hydrogens (tertiary/aromatic N) is 3. The van der Waals surface area contributed by atoms with Crippen LogP contribution in [0.15, 0.2) is 40.9 Å². The number of hydrogen-bond donors (Lipinski definition) is 1. The maximum absolute atomic E-state index is 12.9. The van der Waals surface area contributed by atoms with Crippen molar-refractivity contribution in [2.24, 2.45) is 5.73 Å². The SMILES string of the molecule is NC(=O)c1ccsc1CCC(=O)N1CCC2C1C(=O)CN2S(=O)(=O)c1ccccn1. The average molecular weight is 449 g/mol. The van der Waals surface area contributed by atoms with E-state index in [1.165, 1.54) is 32.8 Å². The second-order valence-corrected chi connectivity index (χ2v) is 10.0. The van der Waals surface area contributed by atoms with Crippen molar-refractivity contribution in [3.63, 3.8) is 0 Å². The van der Waals surface area contributed by atoms with Crippen LogP contribution in [-0.4, -0.2) is 65.4 Å². The van der Waals surface area contributed by atoms with Crippen molar-refractivity contribution in [1.29, 1.82) is 0 Å². The van der Waals surface area contributed by atoms with Crippen molar-refractivity contribution in [2.45, 2.75) is 36.4 Å². The highest BCUT2D eigenvalue weighted by atomic mass is 32.2. The van der Waals surface area contributed by atoms with E-state index in [2.05, 4.69) is 4.98 Å². The lowest BCUT2D eigenvalue weighted by Gasteiger charge is -2.24. The third kappa shape index (κ3) is 3.53. The standard InChI is InChI=1S/C19H20N4O5S2/c20-19(26)12-7-10-29-15(12)4-5-17(25)22-9-6-13-18(22)14(24)11-23(13)30(27,28)16-3-1-2-8-21-16/h1-3,7-8,10,13,18H,4-6,9,11H2,(H2,20,26). The number of carbonyl (C=O) groups is 3. The lowest BCUT2D eigenvalue weighted by atomic mass is 10.1. The van der Waals surface area contributed by atoms with Gasteiger partial charge in [0.15, 0.2) is 10.8 Å². The van der Waals surface area contributed by atoms with E-state index in [0.29, 0.717) is 24.9 Å². The van der Waals surface area contributed by atoms with Crippen LogP contribution in [0.5, 0.6) is 0 Å². The number of primary amides is 1. The van der Waals surface area contributed by atoms with Gasteiger partial charge in [0.25, 0.3) is 10.0 Å². The largest absolute Gasteiger partial charge is 0.366 e. The molecule has 11 heteroatoms. The maximum Gasteiger partial charge on any atom is 0.261 e. The number of nitrogens with two attached hydrogens (primary N) is 1. The quantitative estimate of drug-likeness (QED) is 0.681. The number of sulfonamides is 1. The molecule has 0 spiro atoms. The summed E-state index contributed by atoms with van der Waals surface area (Å²) in [5.41, 5.74) is 5.74. The lowest BCUT2D eigenvalue weighted by Crippen LogP contribution is -2.43. The Labute approximate surface area is 177 Å². The zero-order valence-electron chi connectivity index (χ0n) is 15.9. The first-order chi connectivity index (χ1) is 14.3. The lowest BCUT2D eigenvalue weighted by molar-refractivity contribution is -0.136. The molecule has 0 radical (unpaired) electrons. The van der Waals surface area contributed by atoms with Crippen LogP contribution in [0.3, 0.4) is 0 Å². The molecule has 30 heavy (non-hydrogen) atoms. The van der Waals surface area contributed by atoms with Crippen molar-refractivity contribution >= 4 is 39.0 Å². The number of pyridine rings is 1. The Morgan fingerprint density at radius 1 is 1.27 bits per heavy atom. The second kappa shape index (κ2) is 7.89. The molecule has 0 aliphatic carbocycles. The van der Waals surface area contributed by atoms with Crippen LogP contribution in [0.25, 0.3) is 0 Å². The van der Waals surface area contributed by atoms with Crippen molar-refractivity contribution in [3.05, 3.63) is 46.3 Å². The van der Waals surface area contributed by atoms with Gasteiger partial charge in [-0.2, -0.15) is 4.31 Å². The van der Waals surface area contributed by atoms with Crippen LogP contribution in [-0.2, 0) is 26.0 Å². The van der Waals surface area contributed by atoms with E-state index in [4.69, 9.17) is 5.73 Å². The molecule has 9 nitrogen and oxygen atoms in total. The highest BCUT2D eigenvalue weighted by Crippen LogP contribution is 2.34. The summed E-state index contributed by atoms with van der Waals surface area (Å²) >= 11 is 1.35. The third-order valence-corrected chi connectivity index (χ3v) is 8.25. The summed E-state index contributed by atoms with van der Waals surface area (Å²) in [6.07, 6.45) is 2.23. The number of carbonyl (C=O) groups excluding carboxylic acids is 3. The topological polar surface area (TPSA) is 131 Å². The molecular weight excluding hydrogens is 428 g/mol. The van der Waals surface area contributed by atoms with Crippen LogP contribution in [0.1, 0.15) is 28.1 Å². The predicted molar refractivity (Wildman–Crippen MR) is 108 cm³/mol. The summed E-state index contributed by atoms with van der Waals surface area (Å²) in [6.45, 7) is 0.0377. The summed E-state index contributed by atoms with van der Waals surface area (Å²) in [6, 6.07) is 4.84. The fraction of sp³-hybridized carbons (Fsp3) is 0.368. The van der Waals surface area contributed by atoms with E-state index in [9.17, 15) is 22.8 Å². The highest BCUT2D eigenvalue weighted by Gasteiger charge is 2.53. The minimum absolute atomic E-state index is 0.111. The molecule has 0 aromatic carbocycles. The molecule has 4 heterocycles. The Bertz CT molecular complexity index is 1100. The van der Waals surface area contributed by atoms with Gasteiger partial charge in [0.2, 0.25) is 11.8 Å². The molecule has 2 N–H and O–H groups in total. The van der Waals surface area contributed by atoms with Gasteiger partial charge in [-0.05, 0) is 36.4 Å². The Hall–Kier alpha value is -2.63. The van der Waals surface area contributed by atoms with E-state index in [1.54, 1.807) is 23.6 Å². The Morgan fingerprint density at radius 3 is 2.77 bits per heavy atom. The number of Topliss-reactive ketones (excluding diaryl/α,β-unsaturated/α-hetero) is 1. The first-order valence-electron chi connectivity index (χ1n) is 9.42. The number of hydrogen-bond acceptors (Lipinski definition) is 7. The van der Waals surface area contributed by atoms with Gasteiger partial charge >= 0.3 is 0 Å². The summed E-state index contributed by atoms with van der Waals surface area (Å²) in [5.74, 6) is -1.07. The van der Waals surface area contributed by atoms with Crippen molar-refractivity contribution in [2.75, 3.05) is 13.1 Å². The zero-order chi connectivity index (χ0) is 21.5. The molecule has 2 aromatic heterocycles. The van der Waals surface area contributed by atoms with Crippen LogP contribution in [0, 0.1) is 0 Å². The molecule has 0 bridgehead atoms. The maximum atomic E-state index is 12.9. The second-order valence-electron chi connectivity index (χ2n) is 7.19. The van der Waals surface area contributed by atoms with Crippen molar-refractivity contribution in [1.82, 2.24) is 14.2 Å². The summed E-state index contributed by atoms with van der Waals surface area (Å²) in [5, 5.41) is 1.63. The van der Waals surface area contributed by atoms with Gasteiger partial charge in [0.1, 0.15) is 6.04 Å². The van der Waals surface area contributed by atoms with E-state index < -0.39 is 28.0 Å². The Balaban J connectivity index is 1.48. The van der Waals surface area contributed by atoms with Gasteiger partial charge in [-0.1, -0.05) is 6.07 Å². The molecule has 2 aromatic rings. The van der Waals surface area contributed by atoms with Gasteiger partial charge in [0.05, 0.1) is 18.2 Å². The van der Waals surface area contributed by atoms with E-state index >= 15 is 0 Å². The molecule has 2 saturated heterocycles. The van der Waals surface area contributed by atoms with Crippen LogP contribution < -0.4 is 5.73 Å². The summed E-state index contributed by atoms with van der Waals surface area (Å²) in [4.78, 5) is 43.0. The summed E-state index contributed by atoms with van der Waals surface area (Å²) in [7, 11) is -3.92. The van der Waals surface area contributed by atoms with Gasteiger partial charge in [0, 0.05) is 24.0 Å². The molecule has 2 fully saturated rings. The number of amides is 2. The zero-order valence-corrected chi connectivity index (χ0v) is 17.6. The number of rotatable bonds is 6. The Kier molecular flexibility index (Phi) is 5.43. The number of thiophene rings is 1. The highest BCUT2D eigenvalue weighted by molar-refractivity contribution is 7.89. The molecule has 2 unspecified atom stereocenters. The third-order valence-electron chi connectivity index (χ3n) is 5.49. The molecule has 158 valence electrons. The molecule has 2 atom stereocenters. The van der Waals surface area contributed by atoms with E-state index in [-0.39, 0.29) is 29.7 Å². The normalized spacial score (nSPS) is 21.7. The van der Waals surface area contributed by atoms with Gasteiger partial charge < -0.3 is 10.6 Å². The molecular formula is C19H20N4O5S2. The van der Waals surface area contributed by atoms with E-state index in [1.807, 2.05) is 0 Å². The van der Waals surface area contributed by atoms with Crippen molar-refractivity contribution in [3.8, 4) is 0 Å². The van der Waals surface area contributed by atoms with Crippen LogP contribution >= 0.6 is 11.3 Å². The number of aromatic nitrogens is 1. The monoisotopic (exact) mass is 448 g/mol. The minimum atomic E-state index is -3.92. The molecule has 2 amide bonds. The molecule has 0 saturated carbocycles. The van der Waals surface area contributed by atoms with Gasteiger partial charge in [-0.15, -0.1) is 11.3 Å².